The minimum absolute atomic E-state index is 0.0666. The van der Waals surface area contributed by atoms with Gasteiger partial charge in [-0.05, 0) is 100 Å². The molecule has 2 fully saturated rings. The molecule has 2 atom stereocenters. The van der Waals surface area contributed by atoms with E-state index in [9.17, 15) is 18.5 Å². The average Bonchev–Trinajstić information content (AvgIpc) is 3.75. The number of nitrogens with two attached hydrogens (primary N) is 1. The van der Waals surface area contributed by atoms with Crippen molar-refractivity contribution >= 4 is 22.0 Å². The van der Waals surface area contributed by atoms with E-state index in [4.69, 9.17) is 19.5 Å². The van der Waals surface area contributed by atoms with E-state index in [-0.39, 0.29) is 22.8 Å². The van der Waals surface area contributed by atoms with Crippen LogP contribution in [0.3, 0.4) is 0 Å². The Balaban J connectivity index is 0.000000401. The zero-order valence-corrected chi connectivity index (χ0v) is 29.2. The Labute approximate surface area is 284 Å². The van der Waals surface area contributed by atoms with Crippen LogP contribution in [0.15, 0.2) is 51.9 Å². The smallest absolute Gasteiger partial charge is 0.324 e. The molecule has 48 heavy (non-hydrogen) atoms. The van der Waals surface area contributed by atoms with Gasteiger partial charge in [0.1, 0.15) is 11.8 Å². The highest BCUT2D eigenvalue weighted by Crippen LogP contribution is 2.27. The maximum absolute atomic E-state index is 12.7. The van der Waals surface area contributed by atoms with Gasteiger partial charge in [-0.25, -0.2) is 0 Å². The molecule has 0 aliphatic carbocycles. The lowest BCUT2D eigenvalue weighted by Gasteiger charge is -2.30. The summed E-state index contributed by atoms with van der Waals surface area (Å²) in [6.45, 7) is 11.2. The summed E-state index contributed by atoms with van der Waals surface area (Å²) in [5.74, 6) is 2.44. The minimum Gasteiger partial charge on any atom is -0.494 e. The molecule has 3 aromatic rings. The van der Waals surface area contributed by atoms with Crippen LogP contribution in [0.25, 0.3) is 0 Å². The second kappa shape index (κ2) is 16.9. The normalized spacial score (nSPS) is 17.5. The third kappa shape index (κ3) is 10.3. The molecule has 5 rings (SSSR count). The van der Waals surface area contributed by atoms with Crippen molar-refractivity contribution in [2.45, 2.75) is 95.5 Å². The van der Waals surface area contributed by atoms with Crippen molar-refractivity contribution in [1.82, 2.24) is 15.0 Å². The van der Waals surface area contributed by atoms with Gasteiger partial charge < -0.3 is 24.8 Å². The van der Waals surface area contributed by atoms with Crippen molar-refractivity contribution in [3.05, 3.63) is 65.0 Å². The Morgan fingerprint density at radius 2 is 1.83 bits per heavy atom. The van der Waals surface area contributed by atoms with E-state index in [0.717, 1.165) is 79.9 Å². The average molecular weight is 681 g/mol. The molecule has 0 bridgehead atoms. The molecule has 2 aromatic carbocycles. The van der Waals surface area contributed by atoms with Gasteiger partial charge in [-0.15, -0.1) is 0 Å². The molecule has 260 valence electrons. The fourth-order valence-electron chi connectivity index (χ4n) is 5.96. The van der Waals surface area contributed by atoms with Crippen molar-refractivity contribution in [3.8, 4) is 11.8 Å². The lowest BCUT2D eigenvalue weighted by atomic mass is 9.92. The van der Waals surface area contributed by atoms with Gasteiger partial charge in [-0.3, -0.25) is 9.35 Å². The number of rotatable bonds is 11. The maximum atomic E-state index is 12.7. The van der Waals surface area contributed by atoms with Crippen LogP contribution in [0, 0.1) is 31.1 Å². The molecule has 13 heteroatoms. The number of amides is 1. The number of carbonyl (C=O) groups excluding carboxylic acids is 1. The Morgan fingerprint density at radius 3 is 2.44 bits per heavy atom. The first-order valence-electron chi connectivity index (χ1n) is 16.7. The molecule has 3 N–H and O–H groups in total. The molecular weight excluding hydrogens is 632 g/mol. The summed E-state index contributed by atoms with van der Waals surface area (Å²) in [5, 5.41) is 13.3. The molecule has 12 nitrogen and oxygen atoms in total. The molecular formula is C35H48N6O6S. The first kappa shape index (κ1) is 36.8. The number of benzene rings is 2. The van der Waals surface area contributed by atoms with Crippen LogP contribution in [0.4, 0.5) is 6.01 Å². The number of piperidine rings is 1. The van der Waals surface area contributed by atoms with Gasteiger partial charge in [0.2, 0.25) is 5.91 Å². The van der Waals surface area contributed by atoms with Crippen molar-refractivity contribution in [2.75, 3.05) is 31.1 Å². The number of hydrogen-bond acceptors (Lipinski definition) is 10. The Kier molecular flexibility index (Phi) is 13.0. The third-order valence-electron chi connectivity index (χ3n) is 8.93. The summed E-state index contributed by atoms with van der Waals surface area (Å²) in [6, 6.07) is 13.9. The SMILES string of the molecule is Cc1cc(OCCCC2CCN(c3nc(C(C)C)no3)CC2)ccc1CC(N)C(=O)N1CCCC1C#N.Cc1ccc(S(=O)(=O)O)cc1. The fourth-order valence-corrected chi connectivity index (χ4v) is 6.44. The quantitative estimate of drug-likeness (QED) is 0.201. The highest BCUT2D eigenvalue weighted by molar-refractivity contribution is 7.85. The molecule has 2 aliphatic heterocycles. The summed E-state index contributed by atoms with van der Waals surface area (Å²) in [7, 11) is -4.02. The zero-order chi connectivity index (χ0) is 34.8. The van der Waals surface area contributed by atoms with E-state index in [1.807, 2.05) is 32.0 Å². The molecule has 2 aliphatic rings. The number of nitrogens with zero attached hydrogens (tertiary/aromatic N) is 5. The lowest BCUT2D eigenvalue weighted by molar-refractivity contribution is -0.132. The number of anilines is 1. The van der Waals surface area contributed by atoms with Crippen molar-refractivity contribution in [3.63, 3.8) is 0 Å². The molecule has 0 radical (unpaired) electrons. The van der Waals surface area contributed by atoms with Crippen LogP contribution in [0.5, 0.6) is 5.75 Å². The minimum atomic E-state index is -4.02. The predicted molar refractivity (Wildman–Crippen MR) is 182 cm³/mol. The number of aryl methyl sites for hydroxylation is 2. The highest BCUT2D eigenvalue weighted by Gasteiger charge is 2.32. The van der Waals surface area contributed by atoms with E-state index in [1.54, 1.807) is 17.0 Å². The molecule has 1 amide bonds. The van der Waals surface area contributed by atoms with E-state index in [0.29, 0.717) is 31.5 Å². The standard InChI is InChI=1S/C28H40N6O3.C7H8O3S/c1-19(2)26-31-28(37-32-26)33-13-10-21(11-14-33)6-5-15-36-24-9-8-22(20(3)16-24)17-25(30)27(35)34-12-4-7-23(34)18-29;1-6-2-4-7(5-3-6)11(8,9)10/h8-9,16,19,21,23,25H,4-7,10-15,17,30H2,1-3H3;2-5H,1H3,(H,8,9,10). The van der Waals surface area contributed by atoms with Crippen LogP contribution in [-0.2, 0) is 21.3 Å². The van der Waals surface area contributed by atoms with E-state index >= 15 is 0 Å². The topological polar surface area (TPSA) is 176 Å². The van der Waals surface area contributed by atoms with Gasteiger partial charge in [0.05, 0.1) is 23.6 Å². The van der Waals surface area contributed by atoms with E-state index < -0.39 is 16.2 Å². The third-order valence-corrected chi connectivity index (χ3v) is 9.80. The second-order valence-electron chi connectivity index (χ2n) is 13.0. The molecule has 0 spiro atoms. The second-order valence-corrected chi connectivity index (χ2v) is 14.4. The van der Waals surface area contributed by atoms with Gasteiger partial charge in [0, 0.05) is 25.6 Å². The highest BCUT2D eigenvalue weighted by atomic mass is 32.2. The Bertz CT molecular complexity index is 1640. The summed E-state index contributed by atoms with van der Waals surface area (Å²) in [5.41, 5.74) is 9.29. The lowest BCUT2D eigenvalue weighted by Crippen LogP contribution is -2.46. The summed E-state index contributed by atoms with van der Waals surface area (Å²) in [6.07, 6.45) is 6.46. The van der Waals surface area contributed by atoms with Crippen LogP contribution >= 0.6 is 0 Å². The Morgan fingerprint density at radius 1 is 1.12 bits per heavy atom. The van der Waals surface area contributed by atoms with E-state index in [1.165, 1.54) is 12.1 Å². The number of hydrogen-bond donors (Lipinski definition) is 2. The van der Waals surface area contributed by atoms with Crippen LogP contribution < -0.4 is 15.4 Å². The first-order valence-corrected chi connectivity index (χ1v) is 18.1. The summed E-state index contributed by atoms with van der Waals surface area (Å²) >= 11 is 0. The number of nitriles is 1. The van der Waals surface area contributed by atoms with Crippen molar-refractivity contribution in [1.29, 1.82) is 5.26 Å². The molecule has 3 heterocycles. The largest absolute Gasteiger partial charge is 0.494 e. The number of aromatic nitrogens is 2. The van der Waals surface area contributed by atoms with Crippen LogP contribution in [0.1, 0.15) is 80.8 Å². The monoisotopic (exact) mass is 680 g/mol. The summed E-state index contributed by atoms with van der Waals surface area (Å²) in [4.78, 5) is 21.0. The zero-order valence-electron chi connectivity index (χ0n) is 28.3. The number of likely N-dealkylation sites (tertiary alicyclic amines) is 1. The Hall–Kier alpha value is -3.99. The van der Waals surface area contributed by atoms with Crippen molar-refractivity contribution in [2.24, 2.45) is 11.7 Å². The van der Waals surface area contributed by atoms with Gasteiger partial charge >= 0.3 is 6.01 Å². The number of ether oxygens (including phenoxy) is 1. The van der Waals surface area contributed by atoms with Crippen molar-refractivity contribution < 1.29 is 27.0 Å². The first-order chi connectivity index (χ1) is 22.8. The molecule has 2 saturated heterocycles. The molecule has 2 unspecified atom stereocenters. The fraction of sp³-hybridized carbons (Fsp3) is 0.543. The predicted octanol–water partition coefficient (Wildman–Crippen LogP) is 5.20. The molecule has 1 aromatic heterocycles. The van der Waals surface area contributed by atoms with Gasteiger partial charge in [0.25, 0.3) is 10.1 Å². The van der Waals surface area contributed by atoms with E-state index in [2.05, 4.69) is 35.0 Å². The van der Waals surface area contributed by atoms with Gasteiger partial charge in [-0.2, -0.15) is 18.7 Å². The maximum Gasteiger partial charge on any atom is 0.324 e. The van der Waals surface area contributed by atoms with Gasteiger partial charge in [0.15, 0.2) is 5.82 Å². The van der Waals surface area contributed by atoms with Crippen LogP contribution in [0.2, 0.25) is 0 Å². The summed E-state index contributed by atoms with van der Waals surface area (Å²) < 4.78 is 41.0. The number of carbonyl (C=O) groups is 1. The molecule has 0 saturated carbocycles. The van der Waals surface area contributed by atoms with Gasteiger partial charge in [-0.1, -0.05) is 42.8 Å². The van der Waals surface area contributed by atoms with Crippen LogP contribution in [-0.4, -0.2) is 72.2 Å².